The molecule has 410 valence electrons. The van der Waals surface area contributed by atoms with Gasteiger partial charge in [-0.25, -0.2) is 0 Å². The molecule has 9 aromatic carbocycles. The fourth-order valence-electron chi connectivity index (χ4n) is 16.4. The molecule has 0 aliphatic heterocycles. The van der Waals surface area contributed by atoms with Gasteiger partial charge in [0.2, 0.25) is 0 Å². The highest BCUT2D eigenvalue weighted by Gasteiger charge is 2.42. The molecule has 84 heavy (non-hydrogen) atoms. The van der Waals surface area contributed by atoms with Crippen LogP contribution in [0.3, 0.4) is 0 Å². The lowest BCUT2D eigenvalue weighted by Crippen LogP contribution is -2.28. The van der Waals surface area contributed by atoms with E-state index in [9.17, 15) is 0 Å². The van der Waals surface area contributed by atoms with Crippen molar-refractivity contribution in [3.63, 3.8) is 0 Å². The van der Waals surface area contributed by atoms with Gasteiger partial charge in [0.25, 0.3) is 0 Å². The van der Waals surface area contributed by atoms with Crippen LogP contribution in [-0.4, -0.2) is 0 Å². The van der Waals surface area contributed by atoms with E-state index >= 15 is 0 Å². The zero-order valence-corrected chi connectivity index (χ0v) is 49.8. The van der Waals surface area contributed by atoms with Crippen LogP contribution in [0.25, 0.3) is 49.7 Å². The molecule has 0 aromatic heterocycles. The molecule has 2 nitrogen and oxygen atoms in total. The summed E-state index contributed by atoms with van der Waals surface area (Å²) in [6.07, 6.45) is 23.5. The van der Waals surface area contributed by atoms with E-state index in [1.807, 2.05) is 0 Å². The highest BCUT2D eigenvalue weighted by molar-refractivity contribution is 6.13. The summed E-state index contributed by atoms with van der Waals surface area (Å²) in [6, 6.07) is 69.8. The van der Waals surface area contributed by atoms with Crippen LogP contribution < -0.4 is 9.80 Å². The molecule has 0 saturated carbocycles. The maximum atomic E-state index is 2.52. The molecule has 0 N–H and O–H groups in total. The van der Waals surface area contributed by atoms with E-state index in [0.717, 1.165) is 31.4 Å². The Bertz CT molecular complexity index is 4490. The van der Waals surface area contributed by atoms with Crippen molar-refractivity contribution in [2.45, 2.75) is 115 Å². The summed E-state index contributed by atoms with van der Waals surface area (Å²) in [7, 11) is 0. The Morgan fingerprint density at radius 3 is 1.30 bits per heavy atom. The zero-order chi connectivity index (χ0) is 57.0. The molecule has 7 aliphatic carbocycles. The molecule has 2 unspecified atom stereocenters. The SMILES string of the molecule is CC1(C)C2=C(C=CCC2)c2ccc(C3C=CC(N(c4ccccc4)c4ccc5c(c4)C(C)(C)c4ccc6c7c(ccc-5c47)-c4ccc(N(C5=CCC(c7ccc8c(c7)C(C)(C)c7ccccc7-8)C=C5)c5ccccc5)cc4C6(C)C)=CC3)cc21. The number of fused-ring (bicyclic) bond motifs is 9. The van der Waals surface area contributed by atoms with E-state index < -0.39 is 0 Å². The Balaban J connectivity index is 0.725. The lowest BCUT2D eigenvalue weighted by atomic mass is 9.63. The first-order chi connectivity index (χ1) is 40.7. The van der Waals surface area contributed by atoms with E-state index in [0.29, 0.717) is 11.8 Å². The van der Waals surface area contributed by atoms with Gasteiger partial charge in [0.05, 0.1) is 0 Å². The van der Waals surface area contributed by atoms with Gasteiger partial charge >= 0.3 is 0 Å². The van der Waals surface area contributed by atoms with Crippen LogP contribution in [0.5, 0.6) is 0 Å². The van der Waals surface area contributed by atoms with Gasteiger partial charge in [-0.15, -0.1) is 0 Å². The maximum Gasteiger partial charge on any atom is 0.0464 e. The summed E-state index contributed by atoms with van der Waals surface area (Å²) in [5.74, 6) is 0.631. The third-order valence-electron chi connectivity index (χ3n) is 21.1. The standard InChI is InChI=1S/C82H72N2/c1-79(2)69-25-17-15-23-61(69)63-39-31-53(47-73(63)79)51-27-33-57(34-28-51)83(55-19-11-9-12-20-55)59-37-41-65-67-43-44-68-66-42-38-60(50-76(66)82(7,8)72-46-45-71(77(67)78(68)72)81(5,6)75(65)49-59)84(56-21-13-10-14-22-56)58-35-29-52(30-36-58)54-32-40-64-62-24-16-18-26-70(62)80(3,4)74(64)48-54/h9-17,19-25,27,29,31-52H,18,26,28,30H2,1-8H3. The van der Waals surface area contributed by atoms with Crippen LogP contribution >= 0.6 is 0 Å². The number of anilines is 4. The molecule has 0 saturated heterocycles. The lowest BCUT2D eigenvalue weighted by molar-refractivity contribution is 0.606. The monoisotopic (exact) mass is 1080 g/mol. The molecule has 0 bridgehead atoms. The average Bonchev–Trinajstić information content (AvgIpc) is 0.989. The lowest BCUT2D eigenvalue weighted by Gasteiger charge is -2.41. The van der Waals surface area contributed by atoms with Crippen molar-refractivity contribution in [3.8, 4) is 33.4 Å². The third-order valence-corrected chi connectivity index (χ3v) is 21.1. The van der Waals surface area contributed by atoms with Crippen molar-refractivity contribution in [2.24, 2.45) is 0 Å². The smallest absolute Gasteiger partial charge is 0.0464 e. The third kappa shape index (κ3) is 7.41. The molecule has 16 rings (SSSR count). The Labute approximate surface area is 497 Å². The first-order valence-electron chi connectivity index (χ1n) is 30.8. The molecule has 2 atom stereocenters. The molecule has 0 radical (unpaired) electrons. The normalized spacial score (nSPS) is 19.8. The van der Waals surface area contributed by atoms with E-state index in [1.165, 1.54) is 134 Å². The molecule has 0 fully saturated rings. The summed E-state index contributed by atoms with van der Waals surface area (Å²) in [5.41, 5.74) is 31.8. The van der Waals surface area contributed by atoms with E-state index in [-0.39, 0.29) is 21.7 Å². The fourth-order valence-corrected chi connectivity index (χ4v) is 16.4. The summed E-state index contributed by atoms with van der Waals surface area (Å²) < 4.78 is 0. The molecule has 9 aromatic rings. The number of hydrogen-bond donors (Lipinski definition) is 0. The van der Waals surface area contributed by atoms with Gasteiger partial charge < -0.3 is 9.80 Å². The molecular formula is C82H72N2. The van der Waals surface area contributed by atoms with Gasteiger partial charge in [-0.3, -0.25) is 0 Å². The second kappa shape index (κ2) is 18.4. The molecule has 0 amide bonds. The van der Waals surface area contributed by atoms with Gasteiger partial charge in [0.15, 0.2) is 0 Å². The van der Waals surface area contributed by atoms with Crippen LogP contribution in [0.4, 0.5) is 22.7 Å². The average molecular weight is 1090 g/mol. The maximum absolute atomic E-state index is 2.52. The van der Waals surface area contributed by atoms with Crippen LogP contribution in [0.2, 0.25) is 0 Å². The fraction of sp³-hybridized carbons (Fsp3) is 0.220. The number of benzene rings is 9. The molecule has 7 aliphatic rings. The van der Waals surface area contributed by atoms with Crippen molar-refractivity contribution in [3.05, 3.63) is 303 Å². The van der Waals surface area contributed by atoms with Crippen molar-refractivity contribution in [1.29, 1.82) is 0 Å². The Hall–Kier alpha value is -8.72. The van der Waals surface area contributed by atoms with Crippen LogP contribution in [0.1, 0.15) is 149 Å². The predicted molar refractivity (Wildman–Crippen MR) is 354 cm³/mol. The highest BCUT2D eigenvalue weighted by atomic mass is 15.2. The zero-order valence-electron chi connectivity index (χ0n) is 49.8. The predicted octanol–water partition coefficient (Wildman–Crippen LogP) is 21.7. The van der Waals surface area contributed by atoms with Gasteiger partial charge in [-0.2, -0.15) is 0 Å². The van der Waals surface area contributed by atoms with Crippen molar-refractivity contribution in [1.82, 2.24) is 0 Å². The molecule has 0 spiro atoms. The number of para-hydroxylation sites is 2. The van der Waals surface area contributed by atoms with Crippen molar-refractivity contribution < 1.29 is 0 Å². The number of nitrogens with zero attached hydrogens (tertiary/aromatic N) is 2. The summed E-state index contributed by atoms with van der Waals surface area (Å²) >= 11 is 0. The summed E-state index contributed by atoms with van der Waals surface area (Å²) in [6.45, 7) is 19.4. The number of hydrogen-bond acceptors (Lipinski definition) is 2. The summed E-state index contributed by atoms with van der Waals surface area (Å²) in [4.78, 5) is 4.95. The minimum absolute atomic E-state index is 0.0217. The van der Waals surface area contributed by atoms with Crippen molar-refractivity contribution >= 4 is 39.1 Å². The Morgan fingerprint density at radius 1 is 0.345 bits per heavy atom. The molecule has 0 heterocycles. The number of allylic oxidation sites excluding steroid dienone is 10. The summed E-state index contributed by atoms with van der Waals surface area (Å²) in [5, 5.41) is 2.80. The van der Waals surface area contributed by atoms with Crippen LogP contribution in [0, 0.1) is 0 Å². The van der Waals surface area contributed by atoms with E-state index in [2.05, 4.69) is 296 Å². The Morgan fingerprint density at radius 2 is 0.774 bits per heavy atom. The second-order valence-corrected chi connectivity index (χ2v) is 27.0. The first-order valence-corrected chi connectivity index (χ1v) is 30.8. The van der Waals surface area contributed by atoms with Crippen LogP contribution in [0.15, 0.2) is 248 Å². The van der Waals surface area contributed by atoms with Gasteiger partial charge in [-0.05, 0) is 192 Å². The van der Waals surface area contributed by atoms with Crippen molar-refractivity contribution in [2.75, 3.05) is 9.80 Å². The highest BCUT2D eigenvalue weighted by Crippen LogP contribution is 2.58. The van der Waals surface area contributed by atoms with Gasteiger partial charge in [0, 0.05) is 67.6 Å². The van der Waals surface area contributed by atoms with E-state index in [4.69, 9.17) is 0 Å². The molecular weight excluding hydrogens is 1010 g/mol. The molecule has 2 heteroatoms. The minimum atomic E-state index is -0.267. The quantitative estimate of drug-likeness (QED) is 0.150. The topological polar surface area (TPSA) is 6.48 Å². The first kappa shape index (κ1) is 51.0. The van der Waals surface area contributed by atoms with Gasteiger partial charge in [0.1, 0.15) is 0 Å². The van der Waals surface area contributed by atoms with Crippen LogP contribution in [-0.2, 0) is 21.7 Å². The van der Waals surface area contributed by atoms with E-state index in [1.54, 1.807) is 5.57 Å². The number of rotatable bonds is 8. The Kier molecular flexibility index (Phi) is 11.2. The largest absolute Gasteiger partial charge is 0.311 e. The second-order valence-electron chi connectivity index (χ2n) is 27.0. The van der Waals surface area contributed by atoms with Gasteiger partial charge in [-0.1, -0.05) is 231 Å². The minimum Gasteiger partial charge on any atom is -0.311 e.